The van der Waals surface area contributed by atoms with E-state index in [1.807, 2.05) is 0 Å². The molecule has 2 N–H and O–H groups in total. The van der Waals surface area contributed by atoms with Crippen molar-refractivity contribution in [3.8, 4) is 0 Å². The van der Waals surface area contributed by atoms with E-state index >= 15 is 0 Å². The number of halogens is 2. The van der Waals surface area contributed by atoms with Crippen LogP contribution in [0.5, 0.6) is 0 Å². The monoisotopic (exact) mass is 229 g/mol. The van der Waals surface area contributed by atoms with E-state index in [1.54, 1.807) is 13.8 Å². The summed E-state index contributed by atoms with van der Waals surface area (Å²) >= 11 is 0. The lowest BCUT2D eigenvalue weighted by atomic mass is 10.1. The predicted molar refractivity (Wildman–Crippen MR) is 55.0 cm³/mol. The minimum Gasteiger partial charge on any atom is -0.480 e. The molecule has 0 radical (unpaired) electrons. The lowest BCUT2D eigenvalue weighted by Gasteiger charge is -2.18. The number of carboxylic acid groups (broad SMARTS) is 1. The SMILES string of the molecule is CC(C)NC(C(=O)O)c1cc(F)ccc1F. The molecule has 0 saturated heterocycles. The van der Waals surface area contributed by atoms with Gasteiger partial charge in [0.1, 0.15) is 17.7 Å². The molecular weight excluding hydrogens is 216 g/mol. The summed E-state index contributed by atoms with van der Waals surface area (Å²) in [5.74, 6) is -2.63. The zero-order valence-corrected chi connectivity index (χ0v) is 9.00. The minimum absolute atomic E-state index is 0.149. The molecule has 0 saturated carbocycles. The largest absolute Gasteiger partial charge is 0.480 e. The predicted octanol–water partition coefficient (Wildman–Crippen LogP) is 2.09. The second kappa shape index (κ2) is 5.03. The van der Waals surface area contributed by atoms with Gasteiger partial charge in [-0.05, 0) is 32.0 Å². The first kappa shape index (κ1) is 12.6. The van der Waals surface area contributed by atoms with Crippen LogP contribution in [0.1, 0.15) is 25.5 Å². The highest BCUT2D eigenvalue weighted by molar-refractivity contribution is 5.75. The third-order valence-electron chi connectivity index (χ3n) is 2.02. The average Bonchev–Trinajstić information content (AvgIpc) is 2.18. The maximum Gasteiger partial charge on any atom is 0.325 e. The van der Waals surface area contributed by atoms with Crippen molar-refractivity contribution in [2.75, 3.05) is 0 Å². The first-order chi connectivity index (χ1) is 7.41. The van der Waals surface area contributed by atoms with E-state index in [9.17, 15) is 13.6 Å². The van der Waals surface area contributed by atoms with Crippen molar-refractivity contribution >= 4 is 5.97 Å². The summed E-state index contributed by atoms with van der Waals surface area (Å²) in [7, 11) is 0. The van der Waals surface area contributed by atoms with Gasteiger partial charge in [-0.25, -0.2) is 8.78 Å². The minimum atomic E-state index is -1.24. The van der Waals surface area contributed by atoms with E-state index in [2.05, 4.69) is 5.32 Å². The molecule has 5 heteroatoms. The van der Waals surface area contributed by atoms with E-state index in [0.717, 1.165) is 18.2 Å². The van der Waals surface area contributed by atoms with Crippen molar-refractivity contribution in [1.29, 1.82) is 0 Å². The number of hydrogen-bond acceptors (Lipinski definition) is 2. The fourth-order valence-corrected chi connectivity index (χ4v) is 1.36. The van der Waals surface area contributed by atoms with Crippen LogP contribution in [0.15, 0.2) is 18.2 Å². The second-order valence-electron chi connectivity index (χ2n) is 3.76. The molecule has 1 atom stereocenters. The number of benzene rings is 1. The third-order valence-corrected chi connectivity index (χ3v) is 2.02. The molecule has 0 aromatic heterocycles. The summed E-state index contributed by atoms with van der Waals surface area (Å²) in [4.78, 5) is 10.9. The summed E-state index contributed by atoms with van der Waals surface area (Å²) in [6.07, 6.45) is 0. The van der Waals surface area contributed by atoms with E-state index < -0.39 is 23.6 Å². The van der Waals surface area contributed by atoms with Crippen LogP contribution >= 0.6 is 0 Å². The Balaban J connectivity index is 3.10. The quantitative estimate of drug-likeness (QED) is 0.831. The molecule has 0 bridgehead atoms. The molecule has 1 aromatic carbocycles. The van der Waals surface area contributed by atoms with Gasteiger partial charge in [-0.3, -0.25) is 10.1 Å². The summed E-state index contributed by atoms with van der Waals surface area (Å²) in [6, 6.07) is 1.37. The Labute approximate surface area is 92.1 Å². The topological polar surface area (TPSA) is 49.3 Å². The van der Waals surface area contributed by atoms with Gasteiger partial charge >= 0.3 is 5.97 Å². The van der Waals surface area contributed by atoms with Crippen molar-refractivity contribution in [2.45, 2.75) is 25.9 Å². The Hall–Kier alpha value is -1.49. The molecular formula is C11H13F2NO2. The molecule has 0 fully saturated rings. The Kier molecular flexibility index (Phi) is 3.95. The van der Waals surface area contributed by atoms with Gasteiger partial charge in [-0.2, -0.15) is 0 Å². The highest BCUT2D eigenvalue weighted by Crippen LogP contribution is 2.19. The van der Waals surface area contributed by atoms with Gasteiger partial charge in [0.2, 0.25) is 0 Å². The molecule has 16 heavy (non-hydrogen) atoms. The number of aliphatic carboxylic acids is 1. The standard InChI is InChI=1S/C11H13F2NO2/c1-6(2)14-10(11(15)16)8-5-7(12)3-4-9(8)13/h3-6,10,14H,1-2H3,(H,15,16). The molecule has 0 aliphatic heterocycles. The molecule has 0 heterocycles. The van der Waals surface area contributed by atoms with Crippen LogP contribution in [-0.4, -0.2) is 17.1 Å². The van der Waals surface area contributed by atoms with Crippen LogP contribution in [-0.2, 0) is 4.79 Å². The normalized spacial score (nSPS) is 12.8. The smallest absolute Gasteiger partial charge is 0.325 e. The summed E-state index contributed by atoms with van der Waals surface area (Å²) in [5.41, 5.74) is -0.193. The zero-order valence-electron chi connectivity index (χ0n) is 9.00. The molecule has 1 unspecified atom stereocenters. The van der Waals surface area contributed by atoms with Crippen LogP contribution in [0.4, 0.5) is 8.78 Å². The van der Waals surface area contributed by atoms with Gasteiger partial charge in [-0.1, -0.05) is 0 Å². The van der Waals surface area contributed by atoms with Gasteiger partial charge in [-0.15, -0.1) is 0 Å². The fourth-order valence-electron chi connectivity index (χ4n) is 1.36. The Morgan fingerprint density at radius 2 is 2.00 bits per heavy atom. The van der Waals surface area contributed by atoms with Crippen LogP contribution in [0.3, 0.4) is 0 Å². The summed E-state index contributed by atoms with van der Waals surface area (Å²) < 4.78 is 26.3. The fraction of sp³-hybridized carbons (Fsp3) is 0.364. The van der Waals surface area contributed by atoms with Crippen molar-refractivity contribution in [2.24, 2.45) is 0 Å². The van der Waals surface area contributed by atoms with E-state index in [1.165, 1.54) is 0 Å². The number of nitrogens with one attached hydrogen (secondary N) is 1. The summed E-state index contributed by atoms with van der Waals surface area (Å²) in [6.45, 7) is 3.46. The zero-order chi connectivity index (χ0) is 12.3. The van der Waals surface area contributed by atoms with Crippen LogP contribution in [0.2, 0.25) is 0 Å². The Bertz CT molecular complexity index is 394. The van der Waals surface area contributed by atoms with Gasteiger partial charge in [0.25, 0.3) is 0 Å². The van der Waals surface area contributed by atoms with Gasteiger partial charge in [0.05, 0.1) is 0 Å². The molecule has 0 aliphatic rings. The lowest BCUT2D eigenvalue weighted by molar-refractivity contribution is -0.139. The number of carboxylic acids is 1. The Morgan fingerprint density at radius 1 is 1.38 bits per heavy atom. The van der Waals surface area contributed by atoms with Gasteiger partial charge < -0.3 is 5.11 Å². The van der Waals surface area contributed by atoms with Crippen molar-refractivity contribution in [3.05, 3.63) is 35.4 Å². The Morgan fingerprint density at radius 3 is 2.50 bits per heavy atom. The molecule has 1 aromatic rings. The maximum atomic E-state index is 13.4. The lowest BCUT2D eigenvalue weighted by Crippen LogP contribution is -2.34. The third kappa shape index (κ3) is 3.00. The van der Waals surface area contributed by atoms with E-state index in [4.69, 9.17) is 5.11 Å². The average molecular weight is 229 g/mol. The number of carbonyl (C=O) groups is 1. The first-order valence-electron chi connectivity index (χ1n) is 4.85. The van der Waals surface area contributed by atoms with Gasteiger partial charge in [0, 0.05) is 11.6 Å². The summed E-state index contributed by atoms with van der Waals surface area (Å²) in [5, 5.41) is 11.6. The molecule has 0 spiro atoms. The van der Waals surface area contributed by atoms with Crippen LogP contribution in [0.25, 0.3) is 0 Å². The van der Waals surface area contributed by atoms with Crippen molar-refractivity contribution in [1.82, 2.24) is 5.32 Å². The molecule has 0 amide bonds. The van der Waals surface area contributed by atoms with E-state index in [-0.39, 0.29) is 11.6 Å². The van der Waals surface area contributed by atoms with Crippen molar-refractivity contribution < 1.29 is 18.7 Å². The molecule has 3 nitrogen and oxygen atoms in total. The number of rotatable bonds is 4. The maximum absolute atomic E-state index is 13.4. The number of hydrogen-bond donors (Lipinski definition) is 2. The first-order valence-corrected chi connectivity index (χ1v) is 4.85. The highest BCUT2D eigenvalue weighted by atomic mass is 19.1. The molecule has 1 rings (SSSR count). The van der Waals surface area contributed by atoms with Crippen LogP contribution < -0.4 is 5.32 Å². The van der Waals surface area contributed by atoms with Crippen molar-refractivity contribution in [3.63, 3.8) is 0 Å². The van der Waals surface area contributed by atoms with Crippen LogP contribution in [0, 0.1) is 11.6 Å². The second-order valence-corrected chi connectivity index (χ2v) is 3.76. The van der Waals surface area contributed by atoms with E-state index in [0.29, 0.717) is 0 Å². The highest BCUT2D eigenvalue weighted by Gasteiger charge is 2.23. The molecule has 0 aliphatic carbocycles. The van der Waals surface area contributed by atoms with Gasteiger partial charge in [0.15, 0.2) is 0 Å². The molecule has 88 valence electrons.